The lowest BCUT2D eigenvalue weighted by molar-refractivity contribution is 0.0272. The summed E-state index contributed by atoms with van der Waals surface area (Å²) in [7, 11) is 0. The number of hydrogen-bond acceptors (Lipinski definition) is 5. The molecule has 6 heteroatoms. The first-order valence-electron chi connectivity index (χ1n) is 7.96. The standard InChI is InChI=1S/C17H20BrN3O2/c1-16(22)9-21(10-16)15-19-14(20-23-15)17(2,11-3-4-11)12-5-7-13(18)8-6-12/h5-8,11,22H,3-4,9-10H2,1-2H3. The van der Waals surface area contributed by atoms with Crippen LogP contribution in [-0.4, -0.2) is 33.9 Å². The molecule has 2 heterocycles. The van der Waals surface area contributed by atoms with Crippen LogP contribution in [-0.2, 0) is 5.41 Å². The van der Waals surface area contributed by atoms with E-state index in [2.05, 4.69) is 57.3 Å². The van der Waals surface area contributed by atoms with E-state index < -0.39 is 5.60 Å². The summed E-state index contributed by atoms with van der Waals surface area (Å²) in [6, 6.07) is 8.89. The third-order valence-corrected chi connectivity index (χ3v) is 5.58. The number of aliphatic hydroxyl groups is 1. The summed E-state index contributed by atoms with van der Waals surface area (Å²) in [5.41, 5.74) is 0.335. The fourth-order valence-corrected chi connectivity index (χ4v) is 3.73. The summed E-state index contributed by atoms with van der Waals surface area (Å²) < 4.78 is 6.54. The molecule has 0 bridgehead atoms. The summed E-state index contributed by atoms with van der Waals surface area (Å²) in [5, 5.41) is 14.2. The van der Waals surface area contributed by atoms with Gasteiger partial charge in [0.2, 0.25) is 0 Å². The monoisotopic (exact) mass is 377 g/mol. The number of anilines is 1. The Hall–Kier alpha value is -1.40. The highest BCUT2D eigenvalue weighted by molar-refractivity contribution is 9.10. The maximum atomic E-state index is 9.88. The Balaban J connectivity index is 1.66. The van der Waals surface area contributed by atoms with Crippen LogP contribution in [0.4, 0.5) is 6.01 Å². The molecule has 1 saturated heterocycles. The van der Waals surface area contributed by atoms with Gasteiger partial charge in [-0.25, -0.2) is 0 Å². The van der Waals surface area contributed by atoms with Gasteiger partial charge in [-0.05, 0) is 50.3 Å². The minimum Gasteiger partial charge on any atom is -0.386 e. The van der Waals surface area contributed by atoms with Gasteiger partial charge in [-0.1, -0.05) is 33.2 Å². The fourth-order valence-electron chi connectivity index (χ4n) is 3.47. The lowest BCUT2D eigenvalue weighted by Gasteiger charge is -2.42. The van der Waals surface area contributed by atoms with Crippen LogP contribution in [0.3, 0.4) is 0 Å². The number of β-amino-alcohol motifs (C(OH)–C–C–N with tert-alkyl or cyclic N) is 1. The number of halogens is 1. The molecule has 1 saturated carbocycles. The van der Waals surface area contributed by atoms with Gasteiger partial charge in [0.05, 0.1) is 24.1 Å². The Morgan fingerprint density at radius 3 is 2.52 bits per heavy atom. The molecule has 122 valence electrons. The molecule has 1 aliphatic carbocycles. The first kappa shape index (κ1) is 15.1. The van der Waals surface area contributed by atoms with Gasteiger partial charge in [-0.3, -0.25) is 0 Å². The van der Waals surface area contributed by atoms with Crippen molar-refractivity contribution in [2.75, 3.05) is 18.0 Å². The molecule has 1 aromatic carbocycles. The molecule has 23 heavy (non-hydrogen) atoms. The predicted octanol–water partition coefficient (Wildman–Crippen LogP) is 3.12. The van der Waals surface area contributed by atoms with Crippen LogP contribution >= 0.6 is 15.9 Å². The van der Waals surface area contributed by atoms with E-state index in [0.29, 0.717) is 25.0 Å². The molecule has 5 nitrogen and oxygen atoms in total. The number of rotatable bonds is 4. The molecule has 0 radical (unpaired) electrons. The van der Waals surface area contributed by atoms with Gasteiger partial charge in [-0.2, -0.15) is 4.98 Å². The van der Waals surface area contributed by atoms with E-state index in [1.54, 1.807) is 0 Å². The van der Waals surface area contributed by atoms with Crippen LogP contribution in [0.15, 0.2) is 33.3 Å². The van der Waals surface area contributed by atoms with E-state index >= 15 is 0 Å². The molecule has 2 aliphatic rings. The average Bonchev–Trinajstić information content (AvgIpc) is 3.22. The Kier molecular flexibility index (Phi) is 3.32. The van der Waals surface area contributed by atoms with Gasteiger partial charge < -0.3 is 14.5 Å². The molecule has 1 atom stereocenters. The van der Waals surface area contributed by atoms with E-state index in [1.807, 2.05) is 11.8 Å². The van der Waals surface area contributed by atoms with E-state index in [1.165, 1.54) is 18.4 Å². The predicted molar refractivity (Wildman–Crippen MR) is 90.5 cm³/mol. The highest BCUT2D eigenvalue weighted by atomic mass is 79.9. The van der Waals surface area contributed by atoms with E-state index in [4.69, 9.17) is 4.52 Å². The summed E-state index contributed by atoms with van der Waals surface area (Å²) in [4.78, 5) is 6.58. The Bertz CT molecular complexity index is 716. The average molecular weight is 378 g/mol. The second kappa shape index (κ2) is 5.05. The molecule has 1 unspecified atom stereocenters. The SMILES string of the molecule is CC1(O)CN(c2nc(C(C)(c3ccc(Br)cc3)C3CC3)no2)C1. The van der Waals surface area contributed by atoms with Crippen molar-refractivity contribution in [1.29, 1.82) is 0 Å². The molecule has 2 fully saturated rings. The summed E-state index contributed by atoms with van der Waals surface area (Å²) >= 11 is 3.49. The van der Waals surface area contributed by atoms with Crippen LogP contribution in [0.25, 0.3) is 0 Å². The maximum absolute atomic E-state index is 9.88. The highest BCUT2D eigenvalue weighted by Gasteiger charge is 2.48. The summed E-state index contributed by atoms with van der Waals surface area (Å²) in [6.07, 6.45) is 2.38. The van der Waals surface area contributed by atoms with Crippen LogP contribution < -0.4 is 4.90 Å². The van der Waals surface area contributed by atoms with Crippen molar-refractivity contribution >= 4 is 21.9 Å². The molecule has 0 spiro atoms. The van der Waals surface area contributed by atoms with Gasteiger partial charge in [0.1, 0.15) is 0 Å². The van der Waals surface area contributed by atoms with E-state index in [-0.39, 0.29) is 5.41 Å². The van der Waals surface area contributed by atoms with Crippen molar-refractivity contribution in [2.24, 2.45) is 5.92 Å². The zero-order valence-corrected chi connectivity index (χ0v) is 14.9. The molecule has 1 aromatic heterocycles. The molecule has 1 aliphatic heterocycles. The topological polar surface area (TPSA) is 62.4 Å². The lowest BCUT2D eigenvalue weighted by atomic mass is 9.77. The largest absolute Gasteiger partial charge is 0.386 e. The highest BCUT2D eigenvalue weighted by Crippen LogP contribution is 2.50. The quantitative estimate of drug-likeness (QED) is 0.886. The first-order valence-corrected chi connectivity index (χ1v) is 8.75. The van der Waals surface area contributed by atoms with Crippen molar-refractivity contribution in [3.05, 3.63) is 40.1 Å². The van der Waals surface area contributed by atoms with Crippen molar-refractivity contribution in [3.63, 3.8) is 0 Å². The maximum Gasteiger partial charge on any atom is 0.324 e. The van der Waals surface area contributed by atoms with Crippen LogP contribution in [0.5, 0.6) is 0 Å². The molecular weight excluding hydrogens is 358 g/mol. The third kappa shape index (κ3) is 2.58. The van der Waals surface area contributed by atoms with Crippen LogP contribution in [0, 0.1) is 5.92 Å². The van der Waals surface area contributed by atoms with Crippen LogP contribution in [0.2, 0.25) is 0 Å². The lowest BCUT2D eigenvalue weighted by Crippen LogP contribution is -2.60. The number of aromatic nitrogens is 2. The molecule has 1 N–H and O–H groups in total. The molecular formula is C17H20BrN3O2. The second-order valence-corrected chi connectivity index (χ2v) is 8.15. The molecule has 0 amide bonds. The van der Waals surface area contributed by atoms with Crippen LogP contribution in [0.1, 0.15) is 38.1 Å². The first-order chi connectivity index (χ1) is 10.9. The van der Waals surface area contributed by atoms with Gasteiger partial charge in [0.25, 0.3) is 0 Å². The Morgan fingerprint density at radius 1 is 1.30 bits per heavy atom. The number of nitrogens with zero attached hydrogens (tertiary/aromatic N) is 3. The summed E-state index contributed by atoms with van der Waals surface area (Å²) in [5.74, 6) is 1.29. The normalized spacial score (nSPS) is 22.5. The molecule has 2 aromatic rings. The summed E-state index contributed by atoms with van der Waals surface area (Å²) in [6.45, 7) is 5.09. The zero-order chi connectivity index (χ0) is 16.2. The van der Waals surface area contributed by atoms with E-state index in [9.17, 15) is 5.11 Å². The minimum absolute atomic E-state index is 0.226. The third-order valence-electron chi connectivity index (χ3n) is 5.05. The van der Waals surface area contributed by atoms with Gasteiger partial charge in [0.15, 0.2) is 5.82 Å². The van der Waals surface area contributed by atoms with Crippen molar-refractivity contribution in [2.45, 2.75) is 37.7 Å². The molecule has 4 rings (SSSR count). The number of benzene rings is 1. The van der Waals surface area contributed by atoms with Gasteiger partial charge in [0, 0.05) is 4.47 Å². The minimum atomic E-state index is -0.653. The fraction of sp³-hybridized carbons (Fsp3) is 0.529. The van der Waals surface area contributed by atoms with Crippen molar-refractivity contribution < 1.29 is 9.63 Å². The second-order valence-electron chi connectivity index (χ2n) is 7.24. The zero-order valence-electron chi connectivity index (χ0n) is 13.3. The Labute approximate surface area is 143 Å². The van der Waals surface area contributed by atoms with E-state index in [0.717, 1.165) is 10.3 Å². The number of hydrogen-bond donors (Lipinski definition) is 1. The van der Waals surface area contributed by atoms with Gasteiger partial charge >= 0.3 is 6.01 Å². The van der Waals surface area contributed by atoms with Crippen molar-refractivity contribution in [3.8, 4) is 0 Å². The Morgan fingerprint density at radius 2 is 1.96 bits per heavy atom. The van der Waals surface area contributed by atoms with Gasteiger partial charge in [-0.15, -0.1) is 0 Å². The smallest absolute Gasteiger partial charge is 0.324 e. The van der Waals surface area contributed by atoms with Crippen molar-refractivity contribution in [1.82, 2.24) is 10.1 Å².